The van der Waals surface area contributed by atoms with E-state index in [-0.39, 0.29) is 5.56 Å². The number of carbonyl (C=O) groups is 2. The summed E-state index contributed by atoms with van der Waals surface area (Å²) < 4.78 is 26.1. The number of hydrogen-bond donors (Lipinski definition) is 2. The van der Waals surface area contributed by atoms with Crippen molar-refractivity contribution >= 4 is 11.9 Å². The van der Waals surface area contributed by atoms with Crippen LogP contribution in [0.5, 0.6) is 0 Å². The Balaban J connectivity index is 3.31. The molecule has 0 aliphatic carbocycles. The normalized spacial score (nSPS) is 9.80. The predicted molar refractivity (Wildman–Crippen MR) is 46.7 cm³/mol. The Morgan fingerprint density at radius 1 is 1.27 bits per heavy atom. The number of carbonyl (C=O) groups excluding carboxylic acids is 1. The van der Waals surface area contributed by atoms with Crippen molar-refractivity contribution < 1.29 is 23.5 Å². The number of carboxylic acid groups (broad SMARTS) is 1. The zero-order chi connectivity index (χ0) is 11.6. The van der Waals surface area contributed by atoms with Crippen molar-refractivity contribution in [2.24, 2.45) is 0 Å². The van der Waals surface area contributed by atoms with Gasteiger partial charge in [-0.05, 0) is 12.1 Å². The van der Waals surface area contributed by atoms with Gasteiger partial charge in [0.05, 0.1) is 0 Å². The SMILES string of the molecule is CNC(=O)c1cc(F)c(C(=O)O)c(F)c1. The highest BCUT2D eigenvalue weighted by atomic mass is 19.1. The molecule has 6 heteroatoms. The molecule has 1 aromatic carbocycles. The van der Waals surface area contributed by atoms with Crippen LogP contribution in [0.25, 0.3) is 0 Å². The van der Waals surface area contributed by atoms with Gasteiger partial charge in [-0.15, -0.1) is 0 Å². The second kappa shape index (κ2) is 4.04. The molecule has 4 nitrogen and oxygen atoms in total. The summed E-state index contributed by atoms with van der Waals surface area (Å²) in [6.45, 7) is 0. The van der Waals surface area contributed by atoms with Crippen LogP contribution in [-0.4, -0.2) is 24.0 Å². The number of aromatic carboxylic acids is 1. The maximum absolute atomic E-state index is 13.1. The first-order chi connectivity index (χ1) is 6.97. The lowest BCUT2D eigenvalue weighted by Crippen LogP contribution is -2.19. The molecule has 0 radical (unpaired) electrons. The van der Waals surface area contributed by atoms with Crippen molar-refractivity contribution in [2.75, 3.05) is 7.05 Å². The van der Waals surface area contributed by atoms with E-state index in [1.54, 1.807) is 0 Å². The van der Waals surface area contributed by atoms with Crippen LogP contribution >= 0.6 is 0 Å². The van der Waals surface area contributed by atoms with E-state index in [9.17, 15) is 18.4 Å². The highest BCUT2D eigenvalue weighted by Gasteiger charge is 2.19. The Kier molecular flexibility index (Phi) is 2.99. The van der Waals surface area contributed by atoms with Crippen LogP contribution in [0, 0.1) is 11.6 Å². The highest BCUT2D eigenvalue weighted by molar-refractivity contribution is 5.96. The number of nitrogens with one attached hydrogen (secondary N) is 1. The standard InChI is InChI=1S/C9H7F2NO3/c1-12-8(13)4-2-5(10)7(9(14)15)6(11)3-4/h2-3H,1H3,(H,12,13)(H,14,15). The Labute approximate surface area is 83.5 Å². The topological polar surface area (TPSA) is 66.4 Å². The molecule has 0 aliphatic rings. The summed E-state index contributed by atoms with van der Waals surface area (Å²) in [7, 11) is 1.29. The fourth-order valence-corrected chi connectivity index (χ4v) is 1.05. The largest absolute Gasteiger partial charge is 0.477 e. The van der Waals surface area contributed by atoms with E-state index in [2.05, 4.69) is 5.32 Å². The number of halogens is 2. The lowest BCUT2D eigenvalue weighted by atomic mass is 10.1. The van der Waals surface area contributed by atoms with Crippen molar-refractivity contribution in [3.8, 4) is 0 Å². The lowest BCUT2D eigenvalue weighted by Gasteiger charge is -2.03. The molecule has 0 aliphatic heterocycles. The lowest BCUT2D eigenvalue weighted by molar-refractivity contribution is 0.0685. The number of carboxylic acids is 1. The van der Waals surface area contributed by atoms with Gasteiger partial charge in [0.15, 0.2) is 0 Å². The molecule has 0 bridgehead atoms. The van der Waals surface area contributed by atoms with Gasteiger partial charge in [-0.1, -0.05) is 0 Å². The van der Waals surface area contributed by atoms with E-state index in [1.165, 1.54) is 7.05 Å². The van der Waals surface area contributed by atoms with Crippen molar-refractivity contribution in [2.45, 2.75) is 0 Å². The summed E-state index contributed by atoms with van der Waals surface area (Å²) in [6, 6.07) is 1.34. The van der Waals surface area contributed by atoms with Crippen LogP contribution < -0.4 is 5.32 Å². The maximum atomic E-state index is 13.1. The third-order valence-electron chi connectivity index (χ3n) is 1.75. The van der Waals surface area contributed by atoms with Crippen LogP contribution in [0.4, 0.5) is 8.78 Å². The third kappa shape index (κ3) is 2.09. The Morgan fingerprint density at radius 2 is 1.73 bits per heavy atom. The molecule has 80 valence electrons. The molecule has 1 rings (SSSR count). The summed E-state index contributed by atoms with van der Waals surface area (Å²) in [6.07, 6.45) is 0. The third-order valence-corrected chi connectivity index (χ3v) is 1.75. The molecule has 15 heavy (non-hydrogen) atoms. The zero-order valence-electron chi connectivity index (χ0n) is 7.67. The molecule has 0 spiro atoms. The number of hydrogen-bond acceptors (Lipinski definition) is 2. The molecule has 0 aromatic heterocycles. The molecule has 0 saturated carbocycles. The summed E-state index contributed by atoms with van der Waals surface area (Å²) in [5.74, 6) is -4.96. The molecule has 0 atom stereocenters. The Hall–Kier alpha value is -1.98. The van der Waals surface area contributed by atoms with E-state index in [1.807, 2.05) is 0 Å². The molecule has 1 amide bonds. The van der Waals surface area contributed by atoms with E-state index in [0.29, 0.717) is 12.1 Å². The minimum atomic E-state index is -1.71. The van der Waals surface area contributed by atoms with E-state index in [4.69, 9.17) is 5.11 Å². The predicted octanol–water partition coefficient (Wildman–Crippen LogP) is 1.02. The van der Waals surface area contributed by atoms with Gasteiger partial charge in [-0.3, -0.25) is 4.79 Å². The van der Waals surface area contributed by atoms with Crippen molar-refractivity contribution in [1.29, 1.82) is 0 Å². The summed E-state index contributed by atoms with van der Waals surface area (Å²) in [4.78, 5) is 21.4. The maximum Gasteiger partial charge on any atom is 0.341 e. The molecule has 0 unspecified atom stereocenters. The van der Waals surface area contributed by atoms with Crippen molar-refractivity contribution in [3.63, 3.8) is 0 Å². The number of amides is 1. The average molecular weight is 215 g/mol. The van der Waals surface area contributed by atoms with Gasteiger partial charge < -0.3 is 10.4 Å². The molecule has 1 aromatic rings. The number of rotatable bonds is 2. The number of benzene rings is 1. The van der Waals surface area contributed by atoms with Gasteiger partial charge in [0.25, 0.3) is 5.91 Å². The molecular weight excluding hydrogens is 208 g/mol. The molecule has 0 saturated heterocycles. The second-order valence-corrected chi connectivity index (χ2v) is 2.70. The van der Waals surface area contributed by atoms with Gasteiger partial charge in [-0.25, -0.2) is 13.6 Å². The van der Waals surface area contributed by atoms with E-state index < -0.39 is 29.1 Å². The fourth-order valence-electron chi connectivity index (χ4n) is 1.05. The second-order valence-electron chi connectivity index (χ2n) is 2.70. The minimum Gasteiger partial charge on any atom is -0.477 e. The summed E-state index contributed by atoms with van der Waals surface area (Å²) >= 11 is 0. The van der Waals surface area contributed by atoms with Crippen molar-refractivity contribution in [3.05, 3.63) is 34.9 Å². The first-order valence-corrected chi connectivity index (χ1v) is 3.91. The highest BCUT2D eigenvalue weighted by Crippen LogP contribution is 2.15. The quantitative estimate of drug-likeness (QED) is 0.774. The van der Waals surface area contributed by atoms with E-state index in [0.717, 1.165) is 0 Å². The smallest absolute Gasteiger partial charge is 0.341 e. The molecule has 0 fully saturated rings. The van der Waals surface area contributed by atoms with Crippen molar-refractivity contribution in [1.82, 2.24) is 5.32 Å². The van der Waals surface area contributed by atoms with Crippen LogP contribution in [0.3, 0.4) is 0 Å². The van der Waals surface area contributed by atoms with Gasteiger partial charge in [0.1, 0.15) is 17.2 Å². The van der Waals surface area contributed by atoms with Crippen LogP contribution in [0.15, 0.2) is 12.1 Å². The first-order valence-electron chi connectivity index (χ1n) is 3.91. The van der Waals surface area contributed by atoms with E-state index >= 15 is 0 Å². The monoisotopic (exact) mass is 215 g/mol. The Morgan fingerprint density at radius 3 is 2.07 bits per heavy atom. The van der Waals surface area contributed by atoms with Gasteiger partial charge in [0, 0.05) is 12.6 Å². The summed E-state index contributed by atoms with van der Waals surface area (Å²) in [5.41, 5.74) is -1.33. The zero-order valence-corrected chi connectivity index (χ0v) is 7.67. The van der Waals surface area contributed by atoms with Gasteiger partial charge in [0.2, 0.25) is 0 Å². The fraction of sp³-hybridized carbons (Fsp3) is 0.111. The van der Waals surface area contributed by atoms with Crippen LogP contribution in [0.2, 0.25) is 0 Å². The Bertz CT molecular complexity index is 408. The van der Waals surface area contributed by atoms with Crippen LogP contribution in [0.1, 0.15) is 20.7 Å². The molecular formula is C9H7F2NO3. The van der Waals surface area contributed by atoms with Gasteiger partial charge in [-0.2, -0.15) is 0 Å². The summed E-state index contributed by atoms with van der Waals surface area (Å²) in [5, 5.41) is 10.6. The minimum absolute atomic E-state index is 0.266. The van der Waals surface area contributed by atoms with Crippen LogP contribution in [-0.2, 0) is 0 Å². The molecule has 0 heterocycles. The van der Waals surface area contributed by atoms with Gasteiger partial charge >= 0.3 is 5.97 Å². The average Bonchev–Trinajstić information content (AvgIpc) is 2.14. The first kappa shape index (κ1) is 11.1. The molecule has 2 N–H and O–H groups in total.